The van der Waals surface area contributed by atoms with Gasteiger partial charge in [-0.15, -0.1) is 0 Å². The van der Waals surface area contributed by atoms with Gasteiger partial charge < -0.3 is 4.74 Å². The van der Waals surface area contributed by atoms with Gasteiger partial charge in [-0.2, -0.15) is 0 Å². The van der Waals surface area contributed by atoms with Crippen LogP contribution < -0.4 is 4.74 Å². The number of rotatable bonds is 5. The molecule has 0 amide bonds. The average Bonchev–Trinajstić information content (AvgIpc) is 2.98. The number of Topliss-reactive ketones (excluding diaryl/α,β-unsaturated/α-hetero) is 1. The highest BCUT2D eigenvalue weighted by atomic mass is 19.1. The van der Waals surface area contributed by atoms with Gasteiger partial charge in [0.1, 0.15) is 11.5 Å². The molecule has 1 unspecified atom stereocenters. The second-order valence-electron chi connectivity index (χ2n) is 8.17. The van der Waals surface area contributed by atoms with Gasteiger partial charge in [0, 0.05) is 31.1 Å². The van der Waals surface area contributed by atoms with Crippen LogP contribution in [0.1, 0.15) is 40.7 Å². The Balaban J connectivity index is 1.37. The lowest BCUT2D eigenvalue weighted by atomic mass is 9.82. The van der Waals surface area contributed by atoms with Crippen molar-refractivity contribution in [3.8, 4) is 5.75 Å². The molecule has 0 saturated carbocycles. The topological polar surface area (TPSA) is 29.5 Å². The van der Waals surface area contributed by atoms with Crippen LogP contribution in [-0.4, -0.2) is 36.6 Å². The number of ketones is 1. The van der Waals surface area contributed by atoms with Gasteiger partial charge in [-0.1, -0.05) is 12.1 Å². The zero-order valence-corrected chi connectivity index (χ0v) is 16.4. The van der Waals surface area contributed by atoms with E-state index in [0.29, 0.717) is 44.5 Å². The zero-order valence-electron chi connectivity index (χ0n) is 16.4. The van der Waals surface area contributed by atoms with E-state index in [1.165, 1.54) is 25.3 Å². The van der Waals surface area contributed by atoms with Gasteiger partial charge in [-0.3, -0.25) is 9.69 Å². The van der Waals surface area contributed by atoms with Crippen molar-refractivity contribution in [1.29, 1.82) is 0 Å². The summed E-state index contributed by atoms with van der Waals surface area (Å²) in [6.07, 6.45) is 1.24. The third kappa shape index (κ3) is 4.17. The maximum absolute atomic E-state index is 15.5. The number of carbonyl (C=O) groups is 1. The van der Waals surface area contributed by atoms with E-state index in [-0.39, 0.29) is 23.8 Å². The molecule has 0 N–H and O–H groups in total. The average molecular weight is 403 g/mol. The van der Waals surface area contributed by atoms with Crippen LogP contribution in [0.5, 0.6) is 5.75 Å². The quantitative estimate of drug-likeness (QED) is 0.723. The predicted molar refractivity (Wildman–Crippen MR) is 104 cm³/mol. The molecule has 0 aromatic heterocycles. The Kier molecular flexibility index (Phi) is 5.38. The fourth-order valence-corrected chi connectivity index (χ4v) is 4.54. The zero-order chi connectivity index (χ0) is 20.6. The second-order valence-corrected chi connectivity index (χ2v) is 8.17. The lowest BCUT2D eigenvalue weighted by molar-refractivity contribution is 0.0336. The summed E-state index contributed by atoms with van der Waals surface area (Å²) < 4.78 is 47.8. The predicted octanol–water partition coefficient (Wildman–Crippen LogP) is 4.72. The van der Waals surface area contributed by atoms with Crippen molar-refractivity contribution in [1.82, 2.24) is 4.90 Å². The van der Waals surface area contributed by atoms with Gasteiger partial charge in [-0.05, 0) is 61.1 Å². The Morgan fingerprint density at radius 2 is 1.93 bits per heavy atom. The van der Waals surface area contributed by atoms with E-state index in [1.54, 1.807) is 12.1 Å². The fraction of sp³-hybridized carbons (Fsp3) is 0.435. The van der Waals surface area contributed by atoms with E-state index < -0.39 is 17.4 Å². The molecule has 2 aromatic rings. The standard InChI is InChI=1S/C23H24F3NO2/c1-29-21-11-16-10-17(22(28)19(16)12-20(21)25)13-23(26)5-7-27(8-6-23)14-15-3-2-4-18(24)9-15/h2-4,9,11-12,17H,5-8,10,13-14H2,1H3. The fourth-order valence-electron chi connectivity index (χ4n) is 4.54. The molecule has 0 spiro atoms. The van der Waals surface area contributed by atoms with E-state index in [2.05, 4.69) is 4.90 Å². The number of benzene rings is 2. The van der Waals surface area contributed by atoms with E-state index in [1.807, 2.05) is 6.07 Å². The first-order valence-electron chi connectivity index (χ1n) is 9.93. The minimum Gasteiger partial charge on any atom is -0.494 e. The molecule has 4 rings (SSSR count). The molecule has 6 heteroatoms. The van der Waals surface area contributed by atoms with Crippen molar-refractivity contribution >= 4 is 5.78 Å². The number of fused-ring (bicyclic) bond motifs is 1. The van der Waals surface area contributed by atoms with Crippen LogP contribution in [-0.2, 0) is 13.0 Å². The Morgan fingerprint density at radius 1 is 1.17 bits per heavy atom. The van der Waals surface area contributed by atoms with Crippen LogP contribution in [0.25, 0.3) is 0 Å². The number of carbonyl (C=O) groups excluding carboxylic acids is 1. The molecule has 3 nitrogen and oxygen atoms in total. The van der Waals surface area contributed by atoms with Gasteiger partial charge in [0.2, 0.25) is 0 Å². The highest BCUT2D eigenvalue weighted by Crippen LogP contribution is 2.40. The molecule has 1 heterocycles. The Hall–Kier alpha value is -2.34. The third-order valence-electron chi connectivity index (χ3n) is 6.14. The van der Waals surface area contributed by atoms with Gasteiger partial charge in [-0.25, -0.2) is 13.2 Å². The normalized spacial score (nSPS) is 21.2. The van der Waals surface area contributed by atoms with Gasteiger partial charge in [0.05, 0.1) is 7.11 Å². The molecule has 1 saturated heterocycles. The highest BCUT2D eigenvalue weighted by molar-refractivity contribution is 6.02. The lowest BCUT2D eigenvalue weighted by Crippen LogP contribution is -2.42. The minimum atomic E-state index is -1.41. The summed E-state index contributed by atoms with van der Waals surface area (Å²) in [6.45, 7) is 1.70. The molecular formula is C23H24F3NO2. The molecule has 1 fully saturated rings. The molecule has 1 atom stereocenters. The van der Waals surface area contributed by atoms with Crippen molar-refractivity contribution in [3.63, 3.8) is 0 Å². The first-order valence-corrected chi connectivity index (χ1v) is 9.93. The molecule has 1 aliphatic heterocycles. The summed E-state index contributed by atoms with van der Waals surface area (Å²) in [7, 11) is 1.38. The maximum Gasteiger partial charge on any atom is 0.166 e. The number of nitrogens with zero attached hydrogens (tertiary/aromatic N) is 1. The molecule has 2 aliphatic rings. The van der Waals surface area contributed by atoms with Crippen LogP contribution >= 0.6 is 0 Å². The number of alkyl halides is 1. The summed E-state index contributed by atoms with van der Waals surface area (Å²) in [5.74, 6) is -1.37. The summed E-state index contributed by atoms with van der Waals surface area (Å²) >= 11 is 0. The van der Waals surface area contributed by atoms with Crippen LogP contribution in [0.15, 0.2) is 36.4 Å². The number of hydrogen-bond donors (Lipinski definition) is 0. The van der Waals surface area contributed by atoms with E-state index in [4.69, 9.17) is 4.74 Å². The lowest BCUT2D eigenvalue weighted by Gasteiger charge is -2.37. The second kappa shape index (κ2) is 7.82. The third-order valence-corrected chi connectivity index (χ3v) is 6.14. The molecule has 0 radical (unpaired) electrons. The first kappa shape index (κ1) is 20.0. The Bertz CT molecular complexity index is 922. The number of ether oxygens (including phenoxy) is 1. The smallest absolute Gasteiger partial charge is 0.166 e. The number of methoxy groups -OCH3 is 1. The summed E-state index contributed by atoms with van der Waals surface area (Å²) in [6, 6.07) is 9.21. The molecule has 0 bridgehead atoms. The monoisotopic (exact) mass is 403 g/mol. The van der Waals surface area contributed by atoms with Crippen molar-refractivity contribution in [3.05, 3.63) is 64.7 Å². The van der Waals surface area contributed by atoms with E-state index >= 15 is 4.39 Å². The summed E-state index contributed by atoms with van der Waals surface area (Å²) in [4.78, 5) is 14.8. The van der Waals surface area contributed by atoms with Crippen LogP contribution in [0, 0.1) is 17.6 Å². The van der Waals surface area contributed by atoms with Crippen molar-refractivity contribution in [2.24, 2.45) is 5.92 Å². The number of likely N-dealkylation sites (tertiary alicyclic amines) is 1. The molecule has 29 heavy (non-hydrogen) atoms. The molecule has 1 aliphatic carbocycles. The molecule has 154 valence electrons. The Morgan fingerprint density at radius 3 is 2.62 bits per heavy atom. The maximum atomic E-state index is 15.5. The van der Waals surface area contributed by atoms with Crippen LogP contribution in [0.3, 0.4) is 0 Å². The summed E-state index contributed by atoms with van der Waals surface area (Å²) in [5.41, 5.74) is 0.531. The summed E-state index contributed by atoms with van der Waals surface area (Å²) in [5, 5.41) is 0. The van der Waals surface area contributed by atoms with Crippen LogP contribution in [0.2, 0.25) is 0 Å². The van der Waals surface area contributed by atoms with Gasteiger partial charge in [0.25, 0.3) is 0 Å². The highest BCUT2D eigenvalue weighted by Gasteiger charge is 2.41. The first-order chi connectivity index (χ1) is 13.9. The van der Waals surface area contributed by atoms with Crippen molar-refractivity contribution in [2.45, 2.75) is 37.9 Å². The van der Waals surface area contributed by atoms with Gasteiger partial charge >= 0.3 is 0 Å². The van der Waals surface area contributed by atoms with Crippen LogP contribution in [0.4, 0.5) is 13.2 Å². The SMILES string of the molecule is COc1cc2c(cc1F)C(=O)C(CC1(F)CCN(Cc3cccc(F)c3)CC1)C2. The molecule has 2 aromatic carbocycles. The minimum absolute atomic E-state index is 0.109. The number of halogens is 3. The number of piperidine rings is 1. The Labute approximate surface area is 168 Å². The van der Waals surface area contributed by atoms with Crippen molar-refractivity contribution in [2.75, 3.05) is 20.2 Å². The van der Waals surface area contributed by atoms with E-state index in [9.17, 15) is 13.6 Å². The molecular weight excluding hydrogens is 379 g/mol. The largest absolute Gasteiger partial charge is 0.494 e. The number of hydrogen-bond acceptors (Lipinski definition) is 3. The van der Waals surface area contributed by atoms with Crippen molar-refractivity contribution < 1.29 is 22.7 Å². The van der Waals surface area contributed by atoms with E-state index in [0.717, 1.165) is 11.1 Å². The van der Waals surface area contributed by atoms with Gasteiger partial charge in [0.15, 0.2) is 17.3 Å².